The van der Waals surface area contributed by atoms with Gasteiger partial charge in [0.05, 0.1) is 19.3 Å². The Kier molecular flexibility index (Phi) is 6.90. The van der Waals surface area contributed by atoms with Crippen molar-refractivity contribution in [1.82, 2.24) is 5.32 Å². The molecule has 3 nitrogen and oxygen atoms in total. The van der Waals surface area contributed by atoms with Gasteiger partial charge in [0.25, 0.3) is 0 Å². The Balaban J connectivity index is 2.17. The van der Waals surface area contributed by atoms with E-state index in [2.05, 4.69) is 11.9 Å². The zero-order valence-electron chi connectivity index (χ0n) is 10.0. The van der Waals surface area contributed by atoms with Crippen molar-refractivity contribution in [3.05, 3.63) is 47.3 Å². The Labute approximate surface area is 111 Å². The van der Waals surface area contributed by atoms with Crippen LogP contribution in [0, 0.1) is 5.82 Å². The highest BCUT2D eigenvalue weighted by molar-refractivity contribution is 6.29. The van der Waals surface area contributed by atoms with Crippen LogP contribution in [-0.2, 0) is 11.3 Å². The van der Waals surface area contributed by atoms with E-state index in [9.17, 15) is 9.50 Å². The first-order valence-corrected chi connectivity index (χ1v) is 6.00. The predicted octanol–water partition coefficient (Wildman–Crippen LogP) is 2.05. The molecule has 0 heterocycles. The fourth-order valence-corrected chi connectivity index (χ4v) is 1.45. The third-order valence-corrected chi connectivity index (χ3v) is 2.36. The highest BCUT2D eigenvalue weighted by Gasteiger charge is 2.05. The maximum atomic E-state index is 13.2. The predicted molar refractivity (Wildman–Crippen MR) is 69.9 cm³/mol. The van der Waals surface area contributed by atoms with Crippen molar-refractivity contribution in [3.63, 3.8) is 0 Å². The van der Waals surface area contributed by atoms with E-state index in [0.717, 1.165) is 0 Å². The second-order valence-corrected chi connectivity index (χ2v) is 4.44. The molecule has 0 amide bonds. The molecule has 0 radical (unpaired) electrons. The molecule has 0 aliphatic rings. The van der Waals surface area contributed by atoms with Crippen LogP contribution >= 0.6 is 11.6 Å². The minimum absolute atomic E-state index is 0.135. The van der Waals surface area contributed by atoms with Gasteiger partial charge in [-0.3, -0.25) is 0 Å². The van der Waals surface area contributed by atoms with Crippen LogP contribution in [0.25, 0.3) is 0 Å². The smallest absolute Gasteiger partial charge is 0.128 e. The third kappa shape index (κ3) is 6.12. The average Bonchev–Trinajstić information content (AvgIpc) is 2.31. The Morgan fingerprint density at radius 2 is 2.22 bits per heavy atom. The van der Waals surface area contributed by atoms with E-state index in [1.807, 2.05) is 0 Å². The minimum atomic E-state index is -0.659. The summed E-state index contributed by atoms with van der Waals surface area (Å²) in [6.07, 6.45) is -0.659. The van der Waals surface area contributed by atoms with Gasteiger partial charge in [0.2, 0.25) is 0 Å². The topological polar surface area (TPSA) is 41.5 Å². The standard InChI is InChI=1S/C13H17ClFNO2/c1-10(14)6-16-7-12(17)9-18-8-11-4-2-3-5-13(11)15/h2-5,12,16-17H,1,6-9H2. The molecule has 1 rings (SSSR count). The van der Waals surface area contributed by atoms with Crippen LogP contribution in [0.4, 0.5) is 4.39 Å². The van der Waals surface area contributed by atoms with Crippen LogP contribution in [0.5, 0.6) is 0 Å². The van der Waals surface area contributed by atoms with Crippen molar-refractivity contribution >= 4 is 11.6 Å². The van der Waals surface area contributed by atoms with E-state index in [1.54, 1.807) is 18.2 Å². The van der Waals surface area contributed by atoms with Crippen molar-refractivity contribution in [2.24, 2.45) is 0 Å². The van der Waals surface area contributed by atoms with Crippen LogP contribution in [-0.4, -0.2) is 30.9 Å². The lowest BCUT2D eigenvalue weighted by Gasteiger charge is -2.12. The number of aliphatic hydroxyl groups excluding tert-OH is 1. The van der Waals surface area contributed by atoms with Crippen molar-refractivity contribution < 1.29 is 14.2 Å². The lowest BCUT2D eigenvalue weighted by molar-refractivity contribution is 0.0283. The Bertz CT molecular complexity index is 387. The molecule has 0 fully saturated rings. The van der Waals surface area contributed by atoms with E-state index in [-0.39, 0.29) is 19.0 Å². The van der Waals surface area contributed by atoms with Gasteiger partial charge in [-0.2, -0.15) is 0 Å². The molecular weight excluding hydrogens is 257 g/mol. The maximum Gasteiger partial charge on any atom is 0.128 e. The van der Waals surface area contributed by atoms with Gasteiger partial charge in [-0.1, -0.05) is 36.4 Å². The summed E-state index contributed by atoms with van der Waals surface area (Å²) in [5, 5.41) is 12.9. The van der Waals surface area contributed by atoms with Crippen molar-refractivity contribution in [3.8, 4) is 0 Å². The summed E-state index contributed by atoms with van der Waals surface area (Å²) < 4.78 is 18.5. The van der Waals surface area contributed by atoms with E-state index in [1.165, 1.54) is 6.07 Å². The summed E-state index contributed by atoms with van der Waals surface area (Å²) in [5.41, 5.74) is 0.479. The molecule has 0 bridgehead atoms. The molecule has 0 aliphatic heterocycles. The average molecular weight is 274 g/mol. The zero-order chi connectivity index (χ0) is 13.4. The number of ether oxygens (including phenoxy) is 1. The zero-order valence-corrected chi connectivity index (χ0v) is 10.8. The molecule has 1 aromatic rings. The van der Waals surface area contributed by atoms with Crippen LogP contribution in [0.1, 0.15) is 5.56 Å². The number of benzene rings is 1. The molecule has 5 heteroatoms. The highest BCUT2D eigenvalue weighted by Crippen LogP contribution is 2.07. The lowest BCUT2D eigenvalue weighted by Crippen LogP contribution is -2.31. The summed E-state index contributed by atoms with van der Waals surface area (Å²) in [6.45, 7) is 4.58. The van der Waals surface area contributed by atoms with E-state index >= 15 is 0 Å². The number of halogens is 2. The monoisotopic (exact) mass is 273 g/mol. The third-order valence-electron chi connectivity index (χ3n) is 2.22. The molecule has 1 unspecified atom stereocenters. The number of hydrogen-bond donors (Lipinski definition) is 2. The number of rotatable bonds is 8. The molecule has 0 saturated heterocycles. The molecule has 0 spiro atoms. The summed E-state index contributed by atoms with van der Waals surface area (Å²) in [6, 6.07) is 6.39. The molecule has 2 N–H and O–H groups in total. The lowest BCUT2D eigenvalue weighted by atomic mass is 10.2. The van der Waals surface area contributed by atoms with Gasteiger partial charge in [-0.05, 0) is 6.07 Å². The quantitative estimate of drug-likeness (QED) is 0.762. The maximum absolute atomic E-state index is 13.2. The molecule has 1 aromatic carbocycles. The summed E-state index contributed by atoms with van der Waals surface area (Å²) in [7, 11) is 0. The molecule has 1 atom stereocenters. The SMILES string of the molecule is C=C(Cl)CNCC(O)COCc1ccccc1F. The van der Waals surface area contributed by atoms with Crippen LogP contribution in [0.3, 0.4) is 0 Å². The molecule has 18 heavy (non-hydrogen) atoms. The van der Waals surface area contributed by atoms with Crippen LogP contribution < -0.4 is 5.32 Å². The van der Waals surface area contributed by atoms with Crippen LogP contribution in [0.2, 0.25) is 0 Å². The first-order chi connectivity index (χ1) is 8.59. The van der Waals surface area contributed by atoms with Crippen molar-refractivity contribution in [2.75, 3.05) is 19.7 Å². The summed E-state index contributed by atoms with van der Waals surface area (Å²) >= 11 is 5.55. The van der Waals surface area contributed by atoms with Gasteiger partial charge >= 0.3 is 0 Å². The Hall–Kier alpha value is -0.940. The van der Waals surface area contributed by atoms with Gasteiger partial charge in [0.15, 0.2) is 0 Å². The largest absolute Gasteiger partial charge is 0.389 e. The van der Waals surface area contributed by atoms with Crippen molar-refractivity contribution in [1.29, 1.82) is 0 Å². The van der Waals surface area contributed by atoms with Gasteiger partial charge < -0.3 is 15.2 Å². The number of aliphatic hydroxyl groups is 1. The second-order valence-electron chi connectivity index (χ2n) is 3.91. The normalized spacial score (nSPS) is 12.4. The molecule has 0 aromatic heterocycles. The number of hydrogen-bond acceptors (Lipinski definition) is 3. The van der Waals surface area contributed by atoms with Crippen molar-refractivity contribution in [2.45, 2.75) is 12.7 Å². The van der Waals surface area contributed by atoms with E-state index < -0.39 is 6.10 Å². The molecule has 0 aliphatic carbocycles. The van der Waals surface area contributed by atoms with E-state index in [0.29, 0.717) is 23.7 Å². The molecule has 100 valence electrons. The highest BCUT2D eigenvalue weighted by atomic mass is 35.5. The van der Waals surface area contributed by atoms with E-state index in [4.69, 9.17) is 16.3 Å². The first kappa shape index (κ1) is 15.1. The summed E-state index contributed by atoms with van der Waals surface area (Å²) in [5.74, 6) is -0.302. The van der Waals surface area contributed by atoms with Gasteiger partial charge in [-0.25, -0.2) is 4.39 Å². The fourth-order valence-electron chi connectivity index (χ4n) is 1.35. The molecular formula is C13H17ClFNO2. The number of nitrogens with one attached hydrogen (secondary N) is 1. The Morgan fingerprint density at radius 3 is 2.89 bits per heavy atom. The summed E-state index contributed by atoms with van der Waals surface area (Å²) in [4.78, 5) is 0. The van der Waals surface area contributed by atoms with Gasteiger partial charge in [0.1, 0.15) is 5.82 Å². The Morgan fingerprint density at radius 1 is 1.50 bits per heavy atom. The van der Waals surface area contributed by atoms with Gasteiger partial charge in [-0.15, -0.1) is 0 Å². The minimum Gasteiger partial charge on any atom is -0.389 e. The van der Waals surface area contributed by atoms with Crippen LogP contribution in [0.15, 0.2) is 35.9 Å². The second kappa shape index (κ2) is 8.21. The van der Waals surface area contributed by atoms with Gasteiger partial charge in [0, 0.05) is 23.7 Å². The molecule has 0 saturated carbocycles. The fraction of sp³-hybridized carbons (Fsp3) is 0.385. The first-order valence-electron chi connectivity index (χ1n) is 5.63.